The molecule has 1 amide bonds. The van der Waals surface area contributed by atoms with Crippen LogP contribution in [0, 0.1) is 17.8 Å². The first-order chi connectivity index (χ1) is 11.7. The molecule has 3 nitrogen and oxygen atoms in total. The van der Waals surface area contributed by atoms with Gasteiger partial charge in [0.1, 0.15) is 0 Å². The van der Waals surface area contributed by atoms with Crippen molar-refractivity contribution in [2.45, 2.75) is 31.7 Å². The summed E-state index contributed by atoms with van der Waals surface area (Å²) in [6, 6.07) is 11.4. The fourth-order valence-electron chi connectivity index (χ4n) is 4.18. The molecule has 4 heteroatoms. The lowest BCUT2D eigenvalue weighted by Gasteiger charge is -2.20. The summed E-state index contributed by atoms with van der Waals surface area (Å²) in [5, 5.41) is 3.96. The van der Waals surface area contributed by atoms with E-state index in [1.807, 2.05) is 42.6 Å². The number of nitrogens with one attached hydrogen (secondary N) is 1. The van der Waals surface area contributed by atoms with Crippen LogP contribution >= 0.6 is 11.6 Å². The van der Waals surface area contributed by atoms with E-state index in [1.54, 1.807) is 6.20 Å². The van der Waals surface area contributed by atoms with E-state index < -0.39 is 0 Å². The summed E-state index contributed by atoms with van der Waals surface area (Å²) in [6.07, 6.45) is 8.53. The fraction of sp³-hybridized carbons (Fsp3) is 0.400. The summed E-state index contributed by atoms with van der Waals surface area (Å²) >= 11 is 6.01. The number of pyridine rings is 1. The molecule has 1 N–H and O–H groups in total. The number of carbonyl (C=O) groups is 1. The van der Waals surface area contributed by atoms with Crippen LogP contribution in [0.1, 0.15) is 42.9 Å². The summed E-state index contributed by atoms with van der Waals surface area (Å²) < 4.78 is 0. The first-order valence-electron chi connectivity index (χ1n) is 8.70. The van der Waals surface area contributed by atoms with Crippen molar-refractivity contribution >= 4 is 17.5 Å². The molecule has 0 unspecified atom stereocenters. The Labute approximate surface area is 147 Å². The largest absolute Gasteiger partial charge is 0.345 e. The van der Waals surface area contributed by atoms with Gasteiger partial charge in [0.2, 0.25) is 5.91 Å². The molecule has 3 atom stereocenters. The minimum absolute atomic E-state index is 0.175. The van der Waals surface area contributed by atoms with Crippen LogP contribution in [-0.4, -0.2) is 10.9 Å². The third-order valence-electron chi connectivity index (χ3n) is 5.47. The number of halogens is 1. The van der Waals surface area contributed by atoms with Crippen LogP contribution in [0.15, 0.2) is 48.8 Å². The Hall–Kier alpha value is -1.87. The van der Waals surface area contributed by atoms with Crippen molar-refractivity contribution in [1.29, 1.82) is 0 Å². The minimum atomic E-state index is -0.175. The number of rotatable bonds is 4. The summed E-state index contributed by atoms with van der Waals surface area (Å²) in [5.41, 5.74) is 2.03. The summed E-state index contributed by atoms with van der Waals surface area (Å²) in [5.74, 6) is 1.62. The second kappa shape index (κ2) is 6.56. The lowest BCUT2D eigenvalue weighted by Crippen LogP contribution is -2.31. The highest BCUT2D eigenvalue weighted by Crippen LogP contribution is 2.55. The number of aromatic nitrogens is 1. The molecule has 2 aliphatic carbocycles. The predicted molar refractivity (Wildman–Crippen MR) is 94.6 cm³/mol. The SMILES string of the molecule is O=C(N[C@H](c1ccc(Cl)cc1)c1cccnc1)C1[C@@H]2CCCC[C@@H]12. The maximum Gasteiger partial charge on any atom is 0.224 e. The van der Waals surface area contributed by atoms with Crippen molar-refractivity contribution in [3.8, 4) is 0 Å². The average Bonchev–Trinajstić information content (AvgIpc) is 3.36. The Balaban J connectivity index is 1.56. The molecule has 1 aromatic heterocycles. The van der Waals surface area contributed by atoms with E-state index in [9.17, 15) is 4.79 Å². The Kier molecular flexibility index (Phi) is 4.28. The van der Waals surface area contributed by atoms with Crippen LogP contribution in [0.2, 0.25) is 5.02 Å². The van der Waals surface area contributed by atoms with Crippen LogP contribution in [0.25, 0.3) is 0 Å². The molecule has 124 valence electrons. The average molecular weight is 341 g/mol. The fourth-order valence-corrected chi connectivity index (χ4v) is 4.31. The molecule has 0 spiro atoms. The number of hydrogen-bond donors (Lipinski definition) is 1. The van der Waals surface area contributed by atoms with Crippen molar-refractivity contribution < 1.29 is 4.79 Å². The standard InChI is InChI=1S/C20H21ClN2O/c21-15-9-7-13(8-10-15)19(14-4-3-11-22-12-14)23-20(24)18-16-5-1-2-6-17(16)18/h3-4,7-12,16-19H,1-2,5-6H2,(H,23,24)/t16-,17-,19-/m1/s1. The van der Waals surface area contributed by atoms with Gasteiger partial charge in [0.25, 0.3) is 0 Å². The van der Waals surface area contributed by atoms with Gasteiger partial charge in [0, 0.05) is 23.3 Å². The van der Waals surface area contributed by atoms with Gasteiger partial charge in [-0.2, -0.15) is 0 Å². The van der Waals surface area contributed by atoms with Gasteiger partial charge in [-0.25, -0.2) is 0 Å². The first-order valence-corrected chi connectivity index (χ1v) is 9.07. The molecule has 0 radical (unpaired) electrons. The maximum absolute atomic E-state index is 12.8. The highest BCUT2D eigenvalue weighted by molar-refractivity contribution is 6.30. The molecule has 2 saturated carbocycles. The summed E-state index contributed by atoms with van der Waals surface area (Å²) in [7, 11) is 0. The molecule has 24 heavy (non-hydrogen) atoms. The summed E-state index contributed by atoms with van der Waals surface area (Å²) in [6.45, 7) is 0. The molecule has 1 aromatic carbocycles. The summed E-state index contributed by atoms with van der Waals surface area (Å²) in [4.78, 5) is 17.0. The van der Waals surface area contributed by atoms with Gasteiger partial charge in [-0.15, -0.1) is 0 Å². The number of fused-ring (bicyclic) bond motifs is 1. The molecular weight excluding hydrogens is 320 g/mol. The van der Waals surface area contributed by atoms with E-state index in [1.165, 1.54) is 25.7 Å². The van der Waals surface area contributed by atoms with E-state index in [0.29, 0.717) is 16.9 Å². The van der Waals surface area contributed by atoms with Crippen LogP contribution in [0.4, 0.5) is 0 Å². The molecule has 1 heterocycles. The molecule has 0 saturated heterocycles. The zero-order valence-corrected chi connectivity index (χ0v) is 14.2. The second-order valence-electron chi connectivity index (χ2n) is 6.92. The molecule has 2 aliphatic rings. The topological polar surface area (TPSA) is 42.0 Å². The van der Waals surface area contributed by atoms with E-state index in [2.05, 4.69) is 10.3 Å². The number of hydrogen-bond acceptors (Lipinski definition) is 2. The van der Waals surface area contributed by atoms with Crippen LogP contribution in [-0.2, 0) is 4.79 Å². The van der Waals surface area contributed by atoms with Crippen molar-refractivity contribution in [3.05, 3.63) is 64.9 Å². The molecule has 4 rings (SSSR count). The van der Waals surface area contributed by atoms with Crippen molar-refractivity contribution in [2.24, 2.45) is 17.8 Å². The van der Waals surface area contributed by atoms with Gasteiger partial charge >= 0.3 is 0 Å². The van der Waals surface area contributed by atoms with Crippen molar-refractivity contribution in [3.63, 3.8) is 0 Å². The van der Waals surface area contributed by atoms with Gasteiger partial charge in [0.15, 0.2) is 0 Å². The minimum Gasteiger partial charge on any atom is -0.345 e. The van der Waals surface area contributed by atoms with Gasteiger partial charge in [-0.1, -0.05) is 42.6 Å². The molecule has 2 fully saturated rings. The van der Waals surface area contributed by atoms with Gasteiger partial charge in [-0.05, 0) is 54.0 Å². The van der Waals surface area contributed by atoms with Crippen molar-refractivity contribution in [1.82, 2.24) is 10.3 Å². The number of nitrogens with zero attached hydrogens (tertiary/aromatic N) is 1. The van der Waals surface area contributed by atoms with Gasteiger partial charge in [0.05, 0.1) is 6.04 Å². The number of benzene rings is 1. The lowest BCUT2D eigenvalue weighted by molar-refractivity contribution is -0.123. The van der Waals surface area contributed by atoms with E-state index in [0.717, 1.165) is 11.1 Å². The molecule has 0 bridgehead atoms. The predicted octanol–water partition coefficient (Wildman–Crippen LogP) is 4.38. The zero-order chi connectivity index (χ0) is 16.5. The van der Waals surface area contributed by atoms with E-state index in [-0.39, 0.29) is 17.9 Å². The third kappa shape index (κ3) is 3.05. The van der Waals surface area contributed by atoms with Crippen molar-refractivity contribution in [2.75, 3.05) is 0 Å². The first kappa shape index (κ1) is 15.6. The van der Waals surface area contributed by atoms with Gasteiger partial charge < -0.3 is 5.32 Å². The molecule has 2 aromatic rings. The van der Waals surface area contributed by atoms with Crippen LogP contribution < -0.4 is 5.32 Å². The quantitative estimate of drug-likeness (QED) is 0.897. The number of carbonyl (C=O) groups excluding carboxylic acids is 1. The highest BCUT2D eigenvalue weighted by atomic mass is 35.5. The smallest absolute Gasteiger partial charge is 0.224 e. The lowest BCUT2D eigenvalue weighted by atomic mass is 10.00. The van der Waals surface area contributed by atoms with E-state index in [4.69, 9.17) is 11.6 Å². The Bertz CT molecular complexity index is 704. The monoisotopic (exact) mass is 340 g/mol. The van der Waals surface area contributed by atoms with Crippen LogP contribution in [0.5, 0.6) is 0 Å². The Morgan fingerprint density at radius 1 is 1.08 bits per heavy atom. The normalized spacial score (nSPS) is 26.3. The number of amides is 1. The Morgan fingerprint density at radius 2 is 1.79 bits per heavy atom. The molecular formula is C20H21ClN2O. The van der Waals surface area contributed by atoms with E-state index >= 15 is 0 Å². The van der Waals surface area contributed by atoms with Gasteiger partial charge in [-0.3, -0.25) is 9.78 Å². The zero-order valence-electron chi connectivity index (χ0n) is 13.5. The second-order valence-corrected chi connectivity index (χ2v) is 7.35. The molecule has 0 aliphatic heterocycles. The van der Waals surface area contributed by atoms with Crippen LogP contribution in [0.3, 0.4) is 0 Å². The maximum atomic E-state index is 12.8. The highest BCUT2D eigenvalue weighted by Gasteiger charge is 2.54. The Morgan fingerprint density at radius 3 is 2.42 bits per heavy atom. The third-order valence-corrected chi connectivity index (χ3v) is 5.72.